The number of benzene rings is 2. The summed E-state index contributed by atoms with van der Waals surface area (Å²) < 4.78 is 30.0. The predicted octanol–water partition coefficient (Wildman–Crippen LogP) is 3.61. The molecular weight excluding hydrogens is 337 g/mol. The van der Waals surface area contributed by atoms with Gasteiger partial charge in [0.25, 0.3) is 0 Å². The number of ether oxygens (including phenoxy) is 3. The lowest BCUT2D eigenvalue weighted by molar-refractivity contribution is 0.0468. The molecule has 0 aromatic heterocycles. The summed E-state index contributed by atoms with van der Waals surface area (Å²) in [4.78, 5) is 12.1. The summed E-state index contributed by atoms with van der Waals surface area (Å²) in [5.41, 5.74) is 0.786. The fourth-order valence-electron chi connectivity index (χ4n) is 2.61. The number of carbonyl (C=O) groups excluding carboxylic acids is 1. The zero-order valence-corrected chi connectivity index (χ0v) is 14.1. The molecule has 0 spiro atoms. The zero-order chi connectivity index (χ0) is 18.4. The van der Waals surface area contributed by atoms with Gasteiger partial charge < -0.3 is 14.2 Å². The Labute approximate surface area is 150 Å². The molecule has 1 heterocycles. The minimum Gasteiger partial charge on any atom is -0.491 e. The highest BCUT2D eigenvalue weighted by Gasteiger charge is 2.16. The van der Waals surface area contributed by atoms with Crippen molar-refractivity contribution in [3.63, 3.8) is 0 Å². The maximum absolute atomic E-state index is 13.8. The zero-order valence-electron chi connectivity index (χ0n) is 14.1. The molecule has 134 valence electrons. The van der Waals surface area contributed by atoms with Crippen molar-refractivity contribution in [1.29, 1.82) is 5.26 Å². The van der Waals surface area contributed by atoms with Crippen molar-refractivity contribution in [3.05, 3.63) is 65.0 Å². The molecule has 0 radical (unpaired) electrons. The average Bonchev–Trinajstić information content (AvgIpc) is 3.19. The maximum Gasteiger partial charge on any atom is 0.338 e. The van der Waals surface area contributed by atoms with Gasteiger partial charge in [-0.1, -0.05) is 6.07 Å². The lowest BCUT2D eigenvalue weighted by atomic mass is 10.1. The first-order valence-electron chi connectivity index (χ1n) is 8.36. The summed E-state index contributed by atoms with van der Waals surface area (Å²) >= 11 is 0. The van der Waals surface area contributed by atoms with Crippen LogP contribution in [0.3, 0.4) is 0 Å². The van der Waals surface area contributed by atoms with E-state index < -0.39 is 11.8 Å². The monoisotopic (exact) mass is 355 g/mol. The Balaban J connectivity index is 1.52. The fourth-order valence-corrected chi connectivity index (χ4v) is 2.61. The third-order valence-corrected chi connectivity index (χ3v) is 4.09. The molecule has 1 atom stereocenters. The first-order chi connectivity index (χ1) is 12.7. The SMILES string of the molecule is N#Cc1ccc(COC(=O)c2ccc(OC[C@H]3CCCO3)cc2)c(F)c1. The molecule has 1 saturated heterocycles. The van der Waals surface area contributed by atoms with E-state index in [1.165, 1.54) is 12.1 Å². The van der Waals surface area contributed by atoms with Crippen molar-refractivity contribution in [1.82, 2.24) is 0 Å². The highest BCUT2D eigenvalue weighted by molar-refractivity contribution is 5.89. The Morgan fingerprint density at radius 1 is 1.27 bits per heavy atom. The van der Waals surface area contributed by atoms with Crippen LogP contribution in [0.2, 0.25) is 0 Å². The molecule has 0 bridgehead atoms. The third kappa shape index (κ3) is 4.58. The second-order valence-corrected chi connectivity index (χ2v) is 5.96. The molecule has 26 heavy (non-hydrogen) atoms. The molecule has 0 N–H and O–H groups in total. The van der Waals surface area contributed by atoms with Gasteiger partial charge >= 0.3 is 5.97 Å². The number of hydrogen-bond acceptors (Lipinski definition) is 5. The number of esters is 1. The van der Waals surface area contributed by atoms with E-state index in [1.807, 2.05) is 6.07 Å². The van der Waals surface area contributed by atoms with Crippen LogP contribution in [0.1, 0.15) is 34.3 Å². The normalized spacial score (nSPS) is 16.1. The summed E-state index contributed by atoms with van der Waals surface area (Å²) in [5, 5.41) is 8.72. The molecule has 3 rings (SSSR count). The molecule has 0 unspecified atom stereocenters. The molecule has 0 aliphatic carbocycles. The van der Waals surface area contributed by atoms with Gasteiger partial charge in [0.2, 0.25) is 0 Å². The Morgan fingerprint density at radius 3 is 2.73 bits per heavy atom. The molecule has 1 fully saturated rings. The Morgan fingerprint density at radius 2 is 2.08 bits per heavy atom. The maximum atomic E-state index is 13.8. The van der Waals surface area contributed by atoms with Crippen LogP contribution in [0, 0.1) is 17.1 Å². The average molecular weight is 355 g/mol. The van der Waals surface area contributed by atoms with Gasteiger partial charge in [0.1, 0.15) is 24.8 Å². The molecule has 6 heteroatoms. The lowest BCUT2D eigenvalue weighted by Crippen LogP contribution is -2.16. The summed E-state index contributed by atoms with van der Waals surface area (Å²) in [6.45, 7) is 1.06. The van der Waals surface area contributed by atoms with E-state index in [4.69, 9.17) is 19.5 Å². The summed E-state index contributed by atoms with van der Waals surface area (Å²) in [5.74, 6) is -0.482. The van der Waals surface area contributed by atoms with Gasteiger partial charge in [-0.15, -0.1) is 0 Å². The van der Waals surface area contributed by atoms with Gasteiger partial charge in [-0.05, 0) is 49.2 Å². The molecule has 2 aromatic rings. The van der Waals surface area contributed by atoms with E-state index in [0.29, 0.717) is 17.9 Å². The summed E-state index contributed by atoms with van der Waals surface area (Å²) in [6.07, 6.45) is 2.18. The first kappa shape index (κ1) is 17.9. The Kier molecular flexibility index (Phi) is 5.82. The molecule has 2 aromatic carbocycles. The quantitative estimate of drug-likeness (QED) is 0.741. The fraction of sp³-hybridized carbons (Fsp3) is 0.300. The van der Waals surface area contributed by atoms with Crippen molar-refractivity contribution in [2.24, 2.45) is 0 Å². The molecule has 1 aliphatic heterocycles. The minimum atomic E-state index is -0.574. The molecular formula is C20H18FNO4. The standard InChI is InChI=1S/C20H18FNO4/c21-19-10-14(11-22)3-4-16(19)12-26-20(23)15-5-7-17(8-6-15)25-13-18-2-1-9-24-18/h3-8,10,18H,1-2,9,12-13H2/t18-/m1/s1. The second kappa shape index (κ2) is 8.45. The number of carbonyl (C=O) groups is 1. The van der Waals surface area contributed by atoms with Gasteiger partial charge in [-0.2, -0.15) is 5.26 Å². The summed E-state index contributed by atoms with van der Waals surface area (Å²) in [6, 6.07) is 12.5. The molecule has 5 nitrogen and oxygen atoms in total. The van der Waals surface area contributed by atoms with Crippen LogP contribution in [0.25, 0.3) is 0 Å². The van der Waals surface area contributed by atoms with Crippen LogP contribution in [0.4, 0.5) is 4.39 Å². The van der Waals surface area contributed by atoms with Crippen LogP contribution in [-0.4, -0.2) is 25.3 Å². The number of nitriles is 1. The van der Waals surface area contributed by atoms with E-state index >= 15 is 0 Å². The second-order valence-electron chi connectivity index (χ2n) is 5.96. The number of hydrogen-bond donors (Lipinski definition) is 0. The van der Waals surface area contributed by atoms with Gasteiger partial charge in [0.15, 0.2) is 0 Å². The number of rotatable bonds is 6. The largest absolute Gasteiger partial charge is 0.491 e. The van der Waals surface area contributed by atoms with Crippen molar-refractivity contribution >= 4 is 5.97 Å². The summed E-state index contributed by atoms with van der Waals surface area (Å²) in [7, 11) is 0. The van der Waals surface area contributed by atoms with Crippen LogP contribution in [0.5, 0.6) is 5.75 Å². The van der Waals surface area contributed by atoms with Gasteiger partial charge in [0.05, 0.1) is 23.3 Å². The number of halogens is 1. The predicted molar refractivity (Wildman–Crippen MR) is 91.1 cm³/mol. The van der Waals surface area contributed by atoms with Crippen LogP contribution in [-0.2, 0) is 16.1 Å². The smallest absolute Gasteiger partial charge is 0.338 e. The lowest BCUT2D eigenvalue weighted by Gasteiger charge is -2.11. The van der Waals surface area contributed by atoms with Crippen molar-refractivity contribution in [3.8, 4) is 11.8 Å². The topological polar surface area (TPSA) is 68.5 Å². The molecule has 0 saturated carbocycles. The van der Waals surface area contributed by atoms with Gasteiger partial charge in [-0.25, -0.2) is 9.18 Å². The van der Waals surface area contributed by atoms with Crippen molar-refractivity contribution in [2.45, 2.75) is 25.6 Å². The van der Waals surface area contributed by atoms with Crippen LogP contribution in [0.15, 0.2) is 42.5 Å². The highest BCUT2D eigenvalue weighted by atomic mass is 19.1. The van der Waals surface area contributed by atoms with E-state index in [2.05, 4.69) is 0 Å². The van der Waals surface area contributed by atoms with Gasteiger partial charge in [-0.3, -0.25) is 0 Å². The highest BCUT2D eigenvalue weighted by Crippen LogP contribution is 2.18. The molecule has 0 amide bonds. The van der Waals surface area contributed by atoms with Crippen LogP contribution < -0.4 is 4.74 Å². The number of nitrogens with zero attached hydrogens (tertiary/aromatic N) is 1. The third-order valence-electron chi connectivity index (χ3n) is 4.09. The van der Waals surface area contributed by atoms with E-state index in [0.717, 1.165) is 25.5 Å². The van der Waals surface area contributed by atoms with Gasteiger partial charge in [0, 0.05) is 12.2 Å². The van der Waals surface area contributed by atoms with Crippen molar-refractivity contribution in [2.75, 3.05) is 13.2 Å². The molecule has 1 aliphatic rings. The van der Waals surface area contributed by atoms with Crippen LogP contribution >= 0.6 is 0 Å². The first-order valence-corrected chi connectivity index (χ1v) is 8.36. The Bertz CT molecular complexity index is 808. The minimum absolute atomic E-state index is 0.127. The van der Waals surface area contributed by atoms with E-state index in [-0.39, 0.29) is 23.8 Å². The van der Waals surface area contributed by atoms with E-state index in [1.54, 1.807) is 24.3 Å². The van der Waals surface area contributed by atoms with E-state index in [9.17, 15) is 9.18 Å². The Hall–Kier alpha value is -2.91. The van der Waals surface area contributed by atoms with Crippen molar-refractivity contribution < 1.29 is 23.4 Å².